The second kappa shape index (κ2) is 14.3. The van der Waals surface area contributed by atoms with Gasteiger partial charge in [0.25, 0.3) is 0 Å². The summed E-state index contributed by atoms with van der Waals surface area (Å²) in [6, 6.07) is 18.9. The molecule has 0 atom stereocenters. The van der Waals surface area contributed by atoms with Gasteiger partial charge in [-0.05, 0) is 23.6 Å². The van der Waals surface area contributed by atoms with E-state index in [1.807, 2.05) is 40.7 Å². The molecule has 0 nitrogen and oxygen atoms in total. The third-order valence-electron chi connectivity index (χ3n) is 2.48. The van der Waals surface area contributed by atoms with E-state index in [-0.39, 0.29) is 0 Å². The monoisotopic (exact) mass is 282 g/mol. The van der Waals surface area contributed by atoms with Crippen molar-refractivity contribution in [1.82, 2.24) is 0 Å². The van der Waals surface area contributed by atoms with Gasteiger partial charge < -0.3 is 0 Å². The molecule has 2 aromatic rings. The molecule has 0 N–H and O–H groups in total. The van der Waals surface area contributed by atoms with Gasteiger partial charge in [-0.1, -0.05) is 94.4 Å². The molecule has 0 fully saturated rings. The van der Waals surface area contributed by atoms with Crippen molar-refractivity contribution < 1.29 is 0 Å². The SMILES string of the molecule is C=C.C=C(C)c1ccc(-c2ccccc2)cc1.CC.CC. The quantitative estimate of drug-likeness (QED) is 0.509. The highest BCUT2D eigenvalue weighted by molar-refractivity contribution is 5.68. The van der Waals surface area contributed by atoms with Crippen molar-refractivity contribution >= 4 is 5.57 Å². The highest BCUT2D eigenvalue weighted by Crippen LogP contribution is 2.21. The van der Waals surface area contributed by atoms with Gasteiger partial charge in [0.1, 0.15) is 0 Å². The van der Waals surface area contributed by atoms with Crippen LogP contribution >= 0.6 is 0 Å². The molecule has 2 aromatic carbocycles. The van der Waals surface area contributed by atoms with Crippen LogP contribution < -0.4 is 0 Å². The molecule has 0 bridgehead atoms. The molecule has 0 spiro atoms. The molecule has 0 aromatic heterocycles. The normalized spacial score (nSPS) is 7.86. The van der Waals surface area contributed by atoms with Crippen molar-refractivity contribution in [1.29, 1.82) is 0 Å². The molecular weight excluding hydrogens is 252 g/mol. The third kappa shape index (κ3) is 7.94. The average molecular weight is 282 g/mol. The molecule has 0 heterocycles. The largest absolute Gasteiger partial charge is 0.106 e. The fourth-order valence-corrected chi connectivity index (χ4v) is 1.58. The number of hydrogen-bond donors (Lipinski definition) is 0. The summed E-state index contributed by atoms with van der Waals surface area (Å²) in [7, 11) is 0. The maximum atomic E-state index is 3.93. The van der Waals surface area contributed by atoms with Crippen LogP contribution in [0.3, 0.4) is 0 Å². The Labute approximate surface area is 131 Å². The first-order valence-corrected chi connectivity index (χ1v) is 7.59. The minimum absolute atomic E-state index is 1.11. The first-order valence-electron chi connectivity index (χ1n) is 7.59. The van der Waals surface area contributed by atoms with Crippen LogP contribution in [-0.4, -0.2) is 0 Å². The standard InChI is InChI=1S/C15H14.2C2H6.C2H4/c1-12(2)13-8-10-15(11-9-13)14-6-4-3-5-7-14;3*1-2/h3-11H,1H2,2H3;2*1-2H3;1-2H2. The van der Waals surface area contributed by atoms with Gasteiger partial charge in [-0.3, -0.25) is 0 Å². The maximum Gasteiger partial charge on any atom is -0.0184 e. The van der Waals surface area contributed by atoms with Crippen LogP contribution in [0.5, 0.6) is 0 Å². The van der Waals surface area contributed by atoms with Gasteiger partial charge in [-0.2, -0.15) is 0 Å². The molecule has 0 unspecified atom stereocenters. The lowest BCUT2D eigenvalue weighted by Crippen LogP contribution is -1.80. The Morgan fingerprint density at radius 1 is 0.667 bits per heavy atom. The van der Waals surface area contributed by atoms with E-state index in [2.05, 4.69) is 68.3 Å². The molecule has 0 aliphatic heterocycles. The van der Waals surface area contributed by atoms with Gasteiger partial charge in [-0.25, -0.2) is 0 Å². The van der Waals surface area contributed by atoms with E-state index in [0.29, 0.717) is 0 Å². The summed E-state index contributed by atoms with van der Waals surface area (Å²) in [6.45, 7) is 20.0. The van der Waals surface area contributed by atoms with Gasteiger partial charge in [0.2, 0.25) is 0 Å². The van der Waals surface area contributed by atoms with Crippen molar-refractivity contribution in [2.45, 2.75) is 34.6 Å². The topological polar surface area (TPSA) is 0 Å². The Kier molecular flexibility index (Phi) is 14.5. The number of allylic oxidation sites excluding steroid dienone is 1. The van der Waals surface area contributed by atoms with Crippen molar-refractivity contribution in [2.24, 2.45) is 0 Å². The van der Waals surface area contributed by atoms with Crippen molar-refractivity contribution in [3.63, 3.8) is 0 Å². The molecule has 0 radical (unpaired) electrons. The minimum Gasteiger partial charge on any atom is -0.106 e. The average Bonchev–Trinajstić information content (AvgIpc) is 2.61. The van der Waals surface area contributed by atoms with E-state index in [4.69, 9.17) is 0 Å². The van der Waals surface area contributed by atoms with E-state index in [1.165, 1.54) is 16.7 Å². The fourth-order valence-electron chi connectivity index (χ4n) is 1.58. The zero-order valence-corrected chi connectivity index (χ0v) is 14.3. The summed E-state index contributed by atoms with van der Waals surface area (Å²) >= 11 is 0. The van der Waals surface area contributed by atoms with E-state index in [9.17, 15) is 0 Å². The molecule has 0 saturated carbocycles. The van der Waals surface area contributed by atoms with E-state index >= 15 is 0 Å². The van der Waals surface area contributed by atoms with Crippen LogP contribution in [0.25, 0.3) is 16.7 Å². The molecule has 0 aliphatic rings. The van der Waals surface area contributed by atoms with Gasteiger partial charge in [0.05, 0.1) is 0 Å². The van der Waals surface area contributed by atoms with Crippen LogP contribution in [-0.2, 0) is 0 Å². The third-order valence-corrected chi connectivity index (χ3v) is 2.48. The molecule has 21 heavy (non-hydrogen) atoms. The van der Waals surface area contributed by atoms with E-state index in [0.717, 1.165) is 5.57 Å². The number of benzene rings is 2. The predicted molar refractivity (Wildman–Crippen MR) is 101 cm³/mol. The van der Waals surface area contributed by atoms with Crippen molar-refractivity contribution in [2.75, 3.05) is 0 Å². The Morgan fingerprint density at radius 2 is 1.05 bits per heavy atom. The van der Waals surface area contributed by atoms with E-state index < -0.39 is 0 Å². The molecule has 0 aliphatic carbocycles. The molecule has 0 amide bonds. The Balaban J connectivity index is 0. The lowest BCUT2D eigenvalue weighted by molar-refractivity contribution is 1.50. The summed E-state index contributed by atoms with van der Waals surface area (Å²) in [5, 5.41) is 0. The molecule has 2 rings (SSSR count). The Hall–Kier alpha value is -2.08. The summed E-state index contributed by atoms with van der Waals surface area (Å²) < 4.78 is 0. The maximum absolute atomic E-state index is 3.93. The van der Waals surface area contributed by atoms with Crippen LogP contribution in [0, 0.1) is 0 Å². The summed E-state index contributed by atoms with van der Waals surface area (Å²) in [5.74, 6) is 0. The van der Waals surface area contributed by atoms with Crippen LogP contribution in [0.2, 0.25) is 0 Å². The lowest BCUT2D eigenvalue weighted by Gasteiger charge is -2.03. The van der Waals surface area contributed by atoms with E-state index in [1.54, 1.807) is 0 Å². The Morgan fingerprint density at radius 3 is 1.43 bits per heavy atom. The second-order valence-corrected chi connectivity index (χ2v) is 3.72. The van der Waals surface area contributed by atoms with Crippen LogP contribution in [0.4, 0.5) is 0 Å². The van der Waals surface area contributed by atoms with Crippen molar-refractivity contribution in [3.8, 4) is 11.1 Å². The molecule has 0 heteroatoms. The summed E-state index contributed by atoms with van der Waals surface area (Å²) in [6.07, 6.45) is 0. The fraction of sp³-hybridized carbons (Fsp3) is 0.238. The highest BCUT2D eigenvalue weighted by Gasteiger charge is 1.96. The molecular formula is C21H30. The summed E-state index contributed by atoms with van der Waals surface area (Å²) in [5.41, 5.74) is 4.82. The van der Waals surface area contributed by atoms with Gasteiger partial charge in [0.15, 0.2) is 0 Å². The highest BCUT2D eigenvalue weighted by atomic mass is 14.0. The Bertz CT molecular complexity index is 463. The smallest absolute Gasteiger partial charge is 0.0184 e. The number of hydrogen-bond acceptors (Lipinski definition) is 0. The predicted octanol–water partition coefficient (Wildman–Crippen LogP) is 7.24. The molecule has 114 valence electrons. The minimum atomic E-state index is 1.11. The number of rotatable bonds is 2. The van der Waals surface area contributed by atoms with Crippen LogP contribution in [0.15, 0.2) is 74.3 Å². The second-order valence-electron chi connectivity index (χ2n) is 3.72. The van der Waals surface area contributed by atoms with Gasteiger partial charge >= 0.3 is 0 Å². The molecule has 0 saturated heterocycles. The first kappa shape index (κ1) is 21.2. The van der Waals surface area contributed by atoms with Gasteiger partial charge in [0, 0.05) is 0 Å². The van der Waals surface area contributed by atoms with Crippen LogP contribution in [0.1, 0.15) is 40.2 Å². The zero-order valence-electron chi connectivity index (χ0n) is 14.3. The zero-order chi connectivity index (χ0) is 16.7. The summed E-state index contributed by atoms with van der Waals surface area (Å²) in [4.78, 5) is 0. The lowest BCUT2D eigenvalue weighted by atomic mass is 10.0. The first-order chi connectivity index (χ1) is 10.3. The van der Waals surface area contributed by atoms with Crippen molar-refractivity contribution in [3.05, 3.63) is 79.9 Å². The van der Waals surface area contributed by atoms with Gasteiger partial charge in [-0.15, -0.1) is 13.2 Å².